The molecule has 2 aromatic carbocycles. The lowest BCUT2D eigenvalue weighted by Crippen LogP contribution is -2.20. The van der Waals surface area contributed by atoms with E-state index >= 15 is 0 Å². The molecule has 1 saturated heterocycles. The van der Waals surface area contributed by atoms with Gasteiger partial charge in [-0.25, -0.2) is 4.98 Å². The normalized spacial score (nSPS) is 13.4. The third-order valence-corrected chi connectivity index (χ3v) is 4.80. The van der Waals surface area contributed by atoms with Crippen LogP contribution in [0.5, 0.6) is 5.75 Å². The van der Waals surface area contributed by atoms with E-state index in [4.69, 9.17) is 4.74 Å². The zero-order valence-corrected chi connectivity index (χ0v) is 15.7. The minimum Gasteiger partial charge on any atom is -0.489 e. The minimum absolute atomic E-state index is 0.138. The minimum atomic E-state index is -0.138. The predicted molar refractivity (Wildman–Crippen MR) is 111 cm³/mol. The molecule has 5 nitrogen and oxygen atoms in total. The van der Waals surface area contributed by atoms with E-state index in [2.05, 4.69) is 15.2 Å². The van der Waals surface area contributed by atoms with Gasteiger partial charge in [0.2, 0.25) is 0 Å². The van der Waals surface area contributed by atoms with Gasteiger partial charge in [-0.1, -0.05) is 30.3 Å². The summed E-state index contributed by atoms with van der Waals surface area (Å²) in [6, 6.07) is 21.0. The fraction of sp³-hybridized carbons (Fsp3) is 0.217. The Morgan fingerprint density at radius 2 is 1.75 bits per heavy atom. The van der Waals surface area contributed by atoms with Crippen molar-refractivity contribution in [3.63, 3.8) is 0 Å². The number of aromatic nitrogens is 1. The van der Waals surface area contributed by atoms with Crippen molar-refractivity contribution in [3.8, 4) is 5.75 Å². The summed E-state index contributed by atoms with van der Waals surface area (Å²) < 4.78 is 5.78. The number of nitrogens with zero attached hydrogens (tertiary/aromatic N) is 2. The van der Waals surface area contributed by atoms with Crippen LogP contribution >= 0.6 is 0 Å². The number of anilines is 2. The Kier molecular flexibility index (Phi) is 5.52. The van der Waals surface area contributed by atoms with Crippen molar-refractivity contribution >= 4 is 17.4 Å². The molecule has 1 aliphatic heterocycles. The van der Waals surface area contributed by atoms with Crippen LogP contribution in [0.15, 0.2) is 72.9 Å². The first kappa shape index (κ1) is 18.0. The molecule has 1 aromatic heterocycles. The molecule has 0 aliphatic carbocycles. The summed E-state index contributed by atoms with van der Waals surface area (Å²) >= 11 is 0. The molecule has 1 fully saturated rings. The smallest absolute Gasteiger partial charge is 0.255 e. The van der Waals surface area contributed by atoms with Gasteiger partial charge in [-0.2, -0.15) is 0 Å². The highest BCUT2D eigenvalue weighted by atomic mass is 16.5. The number of carbonyl (C=O) groups is 1. The van der Waals surface area contributed by atoms with Crippen molar-refractivity contribution in [2.75, 3.05) is 23.3 Å². The molecule has 0 saturated carbocycles. The Labute approximate surface area is 165 Å². The molecular formula is C23H23N3O2. The Hall–Kier alpha value is -3.34. The van der Waals surface area contributed by atoms with Crippen molar-refractivity contribution in [1.82, 2.24) is 4.98 Å². The number of ether oxygens (including phenoxy) is 1. The second-order valence-electron chi connectivity index (χ2n) is 6.85. The first-order valence-electron chi connectivity index (χ1n) is 9.57. The standard InChI is InChI=1S/C23H23N3O2/c27-23(19-12-13-24-22(16-19)26-14-4-5-15-26)25-20-8-10-21(11-9-20)28-17-18-6-2-1-3-7-18/h1-3,6-13,16H,4-5,14-15,17H2,(H,25,27). The zero-order chi connectivity index (χ0) is 19.2. The Morgan fingerprint density at radius 1 is 1.00 bits per heavy atom. The number of benzene rings is 2. The quantitative estimate of drug-likeness (QED) is 0.691. The van der Waals surface area contributed by atoms with Crippen LogP contribution in [-0.4, -0.2) is 24.0 Å². The molecule has 28 heavy (non-hydrogen) atoms. The van der Waals surface area contributed by atoms with Gasteiger partial charge in [-0.3, -0.25) is 4.79 Å². The van der Waals surface area contributed by atoms with Crippen LogP contribution in [0.1, 0.15) is 28.8 Å². The summed E-state index contributed by atoms with van der Waals surface area (Å²) in [6.45, 7) is 2.52. The highest BCUT2D eigenvalue weighted by molar-refractivity contribution is 6.04. The fourth-order valence-electron chi connectivity index (χ4n) is 3.26. The lowest BCUT2D eigenvalue weighted by Gasteiger charge is -2.16. The van der Waals surface area contributed by atoms with Gasteiger partial charge in [0.25, 0.3) is 5.91 Å². The molecule has 0 atom stereocenters. The molecule has 2 heterocycles. The van der Waals surface area contributed by atoms with E-state index in [9.17, 15) is 4.79 Å². The van der Waals surface area contributed by atoms with Gasteiger partial charge in [0, 0.05) is 30.5 Å². The molecule has 4 rings (SSSR count). The van der Waals surface area contributed by atoms with Crippen molar-refractivity contribution < 1.29 is 9.53 Å². The highest BCUT2D eigenvalue weighted by Crippen LogP contribution is 2.20. The molecule has 1 amide bonds. The van der Waals surface area contributed by atoms with E-state index in [1.165, 1.54) is 12.8 Å². The van der Waals surface area contributed by atoms with Crippen molar-refractivity contribution in [2.45, 2.75) is 19.4 Å². The second-order valence-corrected chi connectivity index (χ2v) is 6.85. The third-order valence-electron chi connectivity index (χ3n) is 4.80. The van der Waals surface area contributed by atoms with Gasteiger partial charge in [-0.05, 0) is 54.8 Å². The Morgan fingerprint density at radius 3 is 2.50 bits per heavy atom. The van der Waals surface area contributed by atoms with E-state index in [1.54, 1.807) is 12.3 Å². The van der Waals surface area contributed by atoms with Gasteiger partial charge in [0.1, 0.15) is 18.2 Å². The van der Waals surface area contributed by atoms with E-state index < -0.39 is 0 Å². The summed E-state index contributed by atoms with van der Waals surface area (Å²) in [6.07, 6.45) is 4.05. The number of hydrogen-bond acceptors (Lipinski definition) is 4. The third kappa shape index (κ3) is 4.49. The van der Waals surface area contributed by atoms with E-state index in [0.717, 1.165) is 35.9 Å². The molecule has 0 spiro atoms. The molecule has 3 aromatic rings. The average Bonchev–Trinajstić information content (AvgIpc) is 3.29. The van der Waals surface area contributed by atoms with Gasteiger partial charge >= 0.3 is 0 Å². The SMILES string of the molecule is O=C(Nc1ccc(OCc2ccccc2)cc1)c1ccnc(N2CCCC2)c1. The monoisotopic (exact) mass is 373 g/mol. The maximum absolute atomic E-state index is 12.6. The zero-order valence-electron chi connectivity index (χ0n) is 15.7. The number of amides is 1. The van der Waals surface area contributed by atoms with E-state index in [0.29, 0.717) is 12.2 Å². The Bertz CT molecular complexity index is 920. The van der Waals surface area contributed by atoms with Crippen LogP contribution in [0, 0.1) is 0 Å². The molecule has 5 heteroatoms. The van der Waals surface area contributed by atoms with Gasteiger partial charge in [-0.15, -0.1) is 0 Å². The fourth-order valence-corrected chi connectivity index (χ4v) is 3.26. The molecule has 0 bridgehead atoms. The van der Waals surface area contributed by atoms with Crippen LogP contribution in [0.3, 0.4) is 0 Å². The average molecular weight is 373 g/mol. The first-order valence-corrected chi connectivity index (χ1v) is 9.57. The van der Waals surface area contributed by atoms with Crippen LogP contribution in [0.25, 0.3) is 0 Å². The van der Waals surface area contributed by atoms with Crippen molar-refractivity contribution in [1.29, 1.82) is 0 Å². The summed E-state index contributed by atoms with van der Waals surface area (Å²) in [5.41, 5.74) is 2.46. The number of rotatable bonds is 6. The summed E-state index contributed by atoms with van der Waals surface area (Å²) in [4.78, 5) is 19.2. The van der Waals surface area contributed by atoms with Crippen LogP contribution in [-0.2, 0) is 6.61 Å². The molecule has 0 unspecified atom stereocenters. The summed E-state index contributed by atoms with van der Waals surface area (Å²) in [5, 5.41) is 2.94. The largest absolute Gasteiger partial charge is 0.489 e. The first-order chi connectivity index (χ1) is 13.8. The lowest BCUT2D eigenvalue weighted by molar-refractivity contribution is 0.102. The summed E-state index contributed by atoms with van der Waals surface area (Å²) in [7, 11) is 0. The molecule has 0 radical (unpaired) electrons. The van der Waals surface area contributed by atoms with Gasteiger partial charge in [0.05, 0.1) is 0 Å². The number of pyridine rings is 1. The van der Waals surface area contributed by atoms with Crippen molar-refractivity contribution in [2.24, 2.45) is 0 Å². The topological polar surface area (TPSA) is 54.5 Å². The van der Waals surface area contributed by atoms with Crippen molar-refractivity contribution in [3.05, 3.63) is 84.1 Å². The predicted octanol–water partition coefficient (Wildman–Crippen LogP) is 4.51. The maximum atomic E-state index is 12.6. The van der Waals surface area contributed by atoms with E-state index in [-0.39, 0.29) is 5.91 Å². The number of nitrogens with one attached hydrogen (secondary N) is 1. The van der Waals surface area contributed by atoms with Crippen LogP contribution in [0.2, 0.25) is 0 Å². The lowest BCUT2D eigenvalue weighted by atomic mass is 10.2. The van der Waals surface area contributed by atoms with Crippen LogP contribution in [0.4, 0.5) is 11.5 Å². The highest BCUT2D eigenvalue weighted by Gasteiger charge is 2.15. The number of carbonyl (C=O) groups excluding carboxylic acids is 1. The molecular weight excluding hydrogens is 350 g/mol. The van der Waals surface area contributed by atoms with E-state index in [1.807, 2.05) is 60.7 Å². The van der Waals surface area contributed by atoms with Gasteiger partial charge < -0.3 is 15.0 Å². The number of hydrogen-bond donors (Lipinski definition) is 1. The molecule has 142 valence electrons. The Balaban J connectivity index is 1.36. The second kappa shape index (κ2) is 8.57. The maximum Gasteiger partial charge on any atom is 0.255 e. The molecule has 1 aliphatic rings. The van der Waals surface area contributed by atoms with Crippen LogP contribution < -0.4 is 15.0 Å². The summed E-state index contributed by atoms with van der Waals surface area (Å²) in [5.74, 6) is 1.50. The van der Waals surface area contributed by atoms with Gasteiger partial charge in [0.15, 0.2) is 0 Å². The molecule has 1 N–H and O–H groups in total.